The molecule has 0 radical (unpaired) electrons. The van der Waals surface area contributed by atoms with Crippen molar-refractivity contribution < 1.29 is 10.2 Å². The third-order valence-electron chi connectivity index (χ3n) is 5.52. The first-order chi connectivity index (χ1) is 13.8. The highest BCUT2D eigenvalue weighted by atomic mass is 16.3. The van der Waals surface area contributed by atoms with Crippen LogP contribution in [0.25, 0.3) is 0 Å². The van der Waals surface area contributed by atoms with E-state index in [2.05, 4.69) is 13.8 Å². The van der Waals surface area contributed by atoms with E-state index in [4.69, 9.17) is 10.2 Å². The zero-order chi connectivity index (χ0) is 21.0. The maximum Gasteiger partial charge on any atom is 0.0431 e. The quantitative estimate of drug-likeness (QED) is 0.179. The van der Waals surface area contributed by atoms with Gasteiger partial charge in [-0.2, -0.15) is 0 Å². The average Bonchev–Trinajstić information content (AvgIpc) is 2.71. The zero-order valence-electron chi connectivity index (χ0n) is 19.9. The fraction of sp³-hybridized carbons (Fsp3) is 1.00. The first kappa shape index (κ1) is 30.1. The summed E-state index contributed by atoms with van der Waals surface area (Å²) < 4.78 is 0. The Morgan fingerprint density at radius 1 is 0.286 bits per heavy atom. The maximum absolute atomic E-state index is 8.59. The number of aliphatic hydroxyl groups excluding tert-OH is 2. The molecule has 172 valence electrons. The van der Waals surface area contributed by atoms with Gasteiger partial charge in [-0.05, 0) is 12.8 Å². The fourth-order valence-corrected chi connectivity index (χ4v) is 3.55. The molecule has 0 spiro atoms. The van der Waals surface area contributed by atoms with Crippen LogP contribution in [0.4, 0.5) is 0 Å². The molecule has 0 saturated heterocycles. The van der Waals surface area contributed by atoms with Crippen molar-refractivity contribution in [2.75, 3.05) is 13.2 Å². The van der Waals surface area contributed by atoms with Crippen molar-refractivity contribution in [3.63, 3.8) is 0 Å². The highest BCUT2D eigenvalue weighted by molar-refractivity contribution is 4.48. The van der Waals surface area contributed by atoms with Gasteiger partial charge in [-0.1, -0.05) is 142 Å². The van der Waals surface area contributed by atoms with Crippen LogP contribution in [-0.2, 0) is 0 Å². The van der Waals surface area contributed by atoms with E-state index in [0.29, 0.717) is 13.2 Å². The van der Waals surface area contributed by atoms with Gasteiger partial charge in [0.15, 0.2) is 0 Å². The molecule has 2 nitrogen and oxygen atoms in total. The van der Waals surface area contributed by atoms with Crippen LogP contribution in [0.5, 0.6) is 0 Å². The monoisotopic (exact) mass is 400 g/mol. The van der Waals surface area contributed by atoms with Crippen LogP contribution in [0.1, 0.15) is 155 Å². The van der Waals surface area contributed by atoms with E-state index in [-0.39, 0.29) is 0 Å². The van der Waals surface area contributed by atoms with Gasteiger partial charge >= 0.3 is 0 Å². The number of hydrogen-bond acceptors (Lipinski definition) is 2. The standard InChI is InChI=1S/2C13H28O/c2*1-2-3-4-5-6-7-8-9-10-11-12-13-14/h2*14H,2-13H2,1H3. The van der Waals surface area contributed by atoms with E-state index in [1.165, 1.54) is 128 Å². The van der Waals surface area contributed by atoms with Crippen LogP contribution >= 0.6 is 0 Å². The highest BCUT2D eigenvalue weighted by Crippen LogP contribution is 2.11. The third-order valence-corrected chi connectivity index (χ3v) is 5.52. The second-order valence-corrected chi connectivity index (χ2v) is 8.52. The van der Waals surface area contributed by atoms with E-state index in [9.17, 15) is 0 Å². The number of rotatable bonds is 22. The number of aliphatic hydroxyl groups is 2. The second-order valence-electron chi connectivity index (χ2n) is 8.52. The Morgan fingerprint density at radius 3 is 0.643 bits per heavy atom. The average molecular weight is 401 g/mol. The van der Waals surface area contributed by atoms with E-state index in [0.717, 1.165) is 12.8 Å². The van der Waals surface area contributed by atoms with Crippen molar-refractivity contribution in [1.82, 2.24) is 0 Å². The smallest absolute Gasteiger partial charge is 0.0431 e. The van der Waals surface area contributed by atoms with Gasteiger partial charge in [-0.25, -0.2) is 0 Å². The van der Waals surface area contributed by atoms with E-state index in [1.807, 2.05) is 0 Å². The van der Waals surface area contributed by atoms with Crippen LogP contribution in [0.2, 0.25) is 0 Å². The molecule has 28 heavy (non-hydrogen) atoms. The Hall–Kier alpha value is -0.0800. The molecule has 0 heterocycles. The maximum atomic E-state index is 8.59. The molecule has 0 aliphatic heterocycles. The Kier molecular flexibility index (Phi) is 34.0. The summed E-state index contributed by atoms with van der Waals surface area (Å²) in [5, 5.41) is 17.2. The van der Waals surface area contributed by atoms with Crippen LogP contribution in [0, 0.1) is 0 Å². The Bertz CT molecular complexity index is 182. The second kappa shape index (κ2) is 31.6. The molecule has 0 bridgehead atoms. The molecule has 0 aromatic heterocycles. The fourth-order valence-electron chi connectivity index (χ4n) is 3.55. The zero-order valence-corrected chi connectivity index (χ0v) is 19.9. The van der Waals surface area contributed by atoms with Crippen LogP contribution in [0.15, 0.2) is 0 Å². The molecule has 0 amide bonds. The molecule has 0 saturated carbocycles. The summed E-state index contributed by atoms with van der Waals surface area (Å²) in [6.45, 7) is 5.27. The molecule has 0 atom stereocenters. The summed E-state index contributed by atoms with van der Waals surface area (Å²) in [7, 11) is 0. The van der Waals surface area contributed by atoms with E-state index >= 15 is 0 Å². The molecule has 2 heteroatoms. The first-order valence-corrected chi connectivity index (χ1v) is 13.0. The van der Waals surface area contributed by atoms with Crippen molar-refractivity contribution in [3.05, 3.63) is 0 Å². The SMILES string of the molecule is CCCCCCCCCCCCCO.CCCCCCCCCCCCCO. The summed E-state index contributed by atoms with van der Waals surface area (Å²) >= 11 is 0. The van der Waals surface area contributed by atoms with Crippen LogP contribution < -0.4 is 0 Å². The Morgan fingerprint density at radius 2 is 0.464 bits per heavy atom. The lowest BCUT2D eigenvalue weighted by atomic mass is 10.1. The van der Waals surface area contributed by atoms with Gasteiger partial charge < -0.3 is 10.2 Å². The molecule has 0 aliphatic carbocycles. The Labute approximate surface area is 178 Å². The van der Waals surface area contributed by atoms with Gasteiger partial charge in [0.1, 0.15) is 0 Å². The normalized spacial score (nSPS) is 10.7. The predicted molar refractivity (Wildman–Crippen MR) is 127 cm³/mol. The van der Waals surface area contributed by atoms with Crippen molar-refractivity contribution in [2.45, 2.75) is 155 Å². The lowest BCUT2D eigenvalue weighted by Gasteiger charge is -2.01. The lowest BCUT2D eigenvalue weighted by Crippen LogP contribution is -1.84. The van der Waals surface area contributed by atoms with Crippen LogP contribution in [0.3, 0.4) is 0 Å². The van der Waals surface area contributed by atoms with Gasteiger partial charge in [0.25, 0.3) is 0 Å². The topological polar surface area (TPSA) is 40.5 Å². The van der Waals surface area contributed by atoms with Crippen molar-refractivity contribution >= 4 is 0 Å². The minimum Gasteiger partial charge on any atom is -0.396 e. The molecule has 2 N–H and O–H groups in total. The Balaban J connectivity index is 0. The lowest BCUT2D eigenvalue weighted by molar-refractivity contribution is 0.282. The molecule has 0 aromatic carbocycles. The minimum atomic E-state index is 0.372. The van der Waals surface area contributed by atoms with E-state index < -0.39 is 0 Å². The molecule has 0 aromatic rings. The van der Waals surface area contributed by atoms with Crippen molar-refractivity contribution in [1.29, 1.82) is 0 Å². The summed E-state index contributed by atoms with van der Waals surface area (Å²) in [5.74, 6) is 0. The molecule has 0 unspecified atom stereocenters. The van der Waals surface area contributed by atoms with E-state index in [1.54, 1.807) is 0 Å². The van der Waals surface area contributed by atoms with Gasteiger partial charge in [-0.15, -0.1) is 0 Å². The highest BCUT2D eigenvalue weighted by Gasteiger charge is 1.93. The van der Waals surface area contributed by atoms with Gasteiger partial charge in [-0.3, -0.25) is 0 Å². The molecule has 0 rings (SSSR count). The molecule has 0 fully saturated rings. The van der Waals surface area contributed by atoms with Gasteiger partial charge in [0, 0.05) is 13.2 Å². The van der Waals surface area contributed by atoms with Gasteiger partial charge in [0.2, 0.25) is 0 Å². The number of unbranched alkanes of at least 4 members (excludes halogenated alkanes) is 20. The van der Waals surface area contributed by atoms with Crippen molar-refractivity contribution in [2.24, 2.45) is 0 Å². The predicted octanol–water partition coefficient (Wildman–Crippen LogP) is 8.58. The summed E-state index contributed by atoms with van der Waals surface area (Å²) in [6, 6.07) is 0. The summed E-state index contributed by atoms with van der Waals surface area (Å²) in [6.07, 6.45) is 29.5. The minimum absolute atomic E-state index is 0.372. The largest absolute Gasteiger partial charge is 0.396 e. The van der Waals surface area contributed by atoms with Gasteiger partial charge in [0.05, 0.1) is 0 Å². The molecule has 0 aliphatic rings. The summed E-state index contributed by atoms with van der Waals surface area (Å²) in [5.41, 5.74) is 0. The first-order valence-electron chi connectivity index (χ1n) is 13.0. The number of hydrogen-bond donors (Lipinski definition) is 2. The molecular formula is C26H56O2. The summed E-state index contributed by atoms with van der Waals surface area (Å²) in [4.78, 5) is 0. The van der Waals surface area contributed by atoms with Crippen molar-refractivity contribution in [3.8, 4) is 0 Å². The molecular weight excluding hydrogens is 344 g/mol. The van der Waals surface area contributed by atoms with Crippen LogP contribution in [-0.4, -0.2) is 23.4 Å². The third kappa shape index (κ3) is 33.5.